The Morgan fingerprint density at radius 3 is 2.92 bits per heavy atom. The van der Waals surface area contributed by atoms with Crippen LogP contribution in [0.4, 0.5) is 10.5 Å². The molecule has 4 rings (SSSR count). The van der Waals surface area contributed by atoms with Crippen molar-refractivity contribution in [2.75, 3.05) is 25.1 Å². The number of fused-ring (bicyclic) bond motifs is 1. The van der Waals surface area contributed by atoms with Gasteiger partial charge in [0.1, 0.15) is 5.66 Å². The van der Waals surface area contributed by atoms with E-state index < -0.39 is 0 Å². The van der Waals surface area contributed by atoms with Crippen molar-refractivity contribution in [3.8, 4) is 0 Å². The highest BCUT2D eigenvalue weighted by atomic mass is 16.6. The highest BCUT2D eigenvalue weighted by Gasteiger charge is 2.70. The minimum atomic E-state index is -0.356. The van der Waals surface area contributed by atoms with Gasteiger partial charge in [-0.25, -0.2) is 4.79 Å². The van der Waals surface area contributed by atoms with Gasteiger partial charge in [-0.15, -0.1) is 0 Å². The van der Waals surface area contributed by atoms with Crippen LogP contribution < -0.4 is 4.90 Å². The number of hydrogen-bond donors (Lipinski definition) is 0. The summed E-state index contributed by atoms with van der Waals surface area (Å²) in [6, 6.07) is 6.67. The number of benzene rings is 1. The molecule has 4 nitrogen and oxygen atoms in total. The van der Waals surface area contributed by atoms with E-state index in [1.165, 1.54) is 22.4 Å². The SMILES string of the molecule is C=C1CCC[C@@]23N(C(=O)OCC)CC[C@@]12c1cc(C)ccc1N3C. The molecule has 1 aliphatic carbocycles. The zero-order chi connectivity index (χ0) is 17.1. The summed E-state index contributed by atoms with van der Waals surface area (Å²) in [6.45, 7) is 9.64. The van der Waals surface area contributed by atoms with E-state index in [2.05, 4.69) is 43.6 Å². The normalized spacial score (nSPS) is 30.9. The Hall–Kier alpha value is -1.97. The topological polar surface area (TPSA) is 32.8 Å². The van der Waals surface area contributed by atoms with Gasteiger partial charge in [0.2, 0.25) is 0 Å². The zero-order valence-corrected chi connectivity index (χ0v) is 14.9. The summed E-state index contributed by atoms with van der Waals surface area (Å²) in [5, 5.41) is 0. The quantitative estimate of drug-likeness (QED) is 0.732. The highest BCUT2D eigenvalue weighted by molar-refractivity contribution is 5.78. The Kier molecular flexibility index (Phi) is 3.25. The molecule has 0 spiro atoms. The van der Waals surface area contributed by atoms with Crippen molar-refractivity contribution >= 4 is 11.8 Å². The summed E-state index contributed by atoms with van der Waals surface area (Å²) in [4.78, 5) is 17.1. The van der Waals surface area contributed by atoms with Gasteiger partial charge in [-0.05, 0) is 51.2 Å². The average Bonchev–Trinajstić information content (AvgIpc) is 3.01. The van der Waals surface area contributed by atoms with Gasteiger partial charge in [0.05, 0.1) is 12.0 Å². The van der Waals surface area contributed by atoms with Crippen LogP contribution in [-0.2, 0) is 10.2 Å². The van der Waals surface area contributed by atoms with Gasteiger partial charge in [-0.3, -0.25) is 4.90 Å². The third kappa shape index (κ3) is 1.57. The second kappa shape index (κ2) is 5.01. The largest absolute Gasteiger partial charge is 0.450 e. The number of carbonyl (C=O) groups excluding carboxylic acids is 1. The molecule has 0 N–H and O–H groups in total. The summed E-state index contributed by atoms with van der Waals surface area (Å²) in [6.07, 6.45) is 3.82. The molecule has 0 unspecified atom stereocenters. The summed E-state index contributed by atoms with van der Waals surface area (Å²) < 4.78 is 5.41. The Labute approximate surface area is 144 Å². The van der Waals surface area contributed by atoms with E-state index in [9.17, 15) is 4.79 Å². The number of carbonyl (C=O) groups is 1. The average molecular weight is 326 g/mol. The van der Waals surface area contributed by atoms with Crippen molar-refractivity contribution in [2.45, 2.75) is 50.6 Å². The molecule has 2 aliphatic heterocycles. The zero-order valence-electron chi connectivity index (χ0n) is 14.9. The Bertz CT molecular complexity index is 728. The first-order valence-electron chi connectivity index (χ1n) is 8.96. The molecule has 0 bridgehead atoms. The number of likely N-dealkylation sites (tertiary alicyclic amines) is 1. The van der Waals surface area contributed by atoms with E-state index >= 15 is 0 Å². The van der Waals surface area contributed by atoms with Crippen molar-refractivity contribution < 1.29 is 9.53 Å². The lowest BCUT2D eigenvalue weighted by atomic mass is 9.61. The molecule has 2 heterocycles. The van der Waals surface area contributed by atoms with Crippen LogP contribution in [-0.4, -0.2) is 36.9 Å². The lowest BCUT2D eigenvalue weighted by Crippen LogP contribution is -2.65. The van der Waals surface area contributed by atoms with Crippen molar-refractivity contribution in [3.05, 3.63) is 41.5 Å². The Morgan fingerprint density at radius 2 is 2.17 bits per heavy atom. The van der Waals surface area contributed by atoms with E-state index in [4.69, 9.17) is 4.74 Å². The summed E-state index contributed by atoms with van der Waals surface area (Å²) in [7, 11) is 2.13. The number of likely N-dealkylation sites (N-methyl/N-ethyl adjacent to an activating group) is 1. The second-order valence-electron chi connectivity index (χ2n) is 7.36. The fourth-order valence-electron chi connectivity index (χ4n) is 5.57. The molecule has 2 atom stereocenters. The molecular weight excluding hydrogens is 300 g/mol. The van der Waals surface area contributed by atoms with Gasteiger partial charge in [-0.1, -0.05) is 29.8 Å². The molecule has 1 amide bonds. The van der Waals surface area contributed by atoms with Gasteiger partial charge in [0.25, 0.3) is 0 Å². The van der Waals surface area contributed by atoms with Crippen LogP contribution in [0.3, 0.4) is 0 Å². The van der Waals surface area contributed by atoms with Crippen LogP contribution in [0.25, 0.3) is 0 Å². The standard InChI is InChI=1S/C20H26N2O2/c1-5-24-18(23)22-12-11-19-15(3)7-6-10-20(19,22)21(4)17-9-8-14(2)13-16(17)19/h8-9,13H,3,5-7,10-12H2,1-2,4H3/t19-,20+/m0/s1. The van der Waals surface area contributed by atoms with Crippen molar-refractivity contribution in [1.29, 1.82) is 0 Å². The van der Waals surface area contributed by atoms with Gasteiger partial charge >= 0.3 is 6.09 Å². The van der Waals surface area contributed by atoms with Crippen molar-refractivity contribution in [1.82, 2.24) is 4.90 Å². The molecule has 1 aromatic carbocycles. The lowest BCUT2D eigenvalue weighted by Gasteiger charge is -2.52. The predicted octanol–water partition coefficient (Wildman–Crippen LogP) is 3.98. The van der Waals surface area contributed by atoms with Gasteiger partial charge in [0, 0.05) is 19.3 Å². The van der Waals surface area contributed by atoms with E-state index in [0.29, 0.717) is 6.61 Å². The van der Waals surface area contributed by atoms with Crippen LogP contribution in [0, 0.1) is 6.92 Å². The molecule has 0 radical (unpaired) electrons. The predicted molar refractivity (Wildman–Crippen MR) is 95.3 cm³/mol. The first kappa shape index (κ1) is 15.6. The van der Waals surface area contributed by atoms with Crippen LogP contribution in [0.15, 0.2) is 30.4 Å². The van der Waals surface area contributed by atoms with Gasteiger partial charge in [0.15, 0.2) is 0 Å². The molecule has 1 saturated heterocycles. The van der Waals surface area contributed by atoms with E-state index in [1.54, 1.807) is 0 Å². The first-order valence-corrected chi connectivity index (χ1v) is 8.96. The number of amides is 1. The van der Waals surface area contributed by atoms with Crippen LogP contribution in [0.1, 0.15) is 43.7 Å². The highest BCUT2D eigenvalue weighted by Crippen LogP contribution is 2.65. The molecule has 2 fully saturated rings. The Morgan fingerprint density at radius 1 is 1.38 bits per heavy atom. The number of nitrogens with zero attached hydrogens (tertiary/aromatic N) is 2. The maximum absolute atomic E-state index is 12.8. The van der Waals surface area contributed by atoms with Crippen molar-refractivity contribution in [2.24, 2.45) is 0 Å². The van der Waals surface area contributed by atoms with Crippen LogP contribution >= 0.6 is 0 Å². The van der Waals surface area contributed by atoms with E-state index in [-0.39, 0.29) is 17.2 Å². The molecule has 3 aliphatic rings. The monoisotopic (exact) mass is 326 g/mol. The van der Waals surface area contributed by atoms with E-state index in [0.717, 1.165) is 32.2 Å². The van der Waals surface area contributed by atoms with Crippen molar-refractivity contribution in [3.63, 3.8) is 0 Å². The van der Waals surface area contributed by atoms with Crippen LogP contribution in [0.2, 0.25) is 0 Å². The number of ether oxygens (including phenoxy) is 1. The molecule has 1 aromatic rings. The van der Waals surface area contributed by atoms with E-state index in [1.807, 2.05) is 11.8 Å². The minimum absolute atomic E-state index is 0.159. The lowest BCUT2D eigenvalue weighted by molar-refractivity contribution is 0.0497. The fourth-order valence-corrected chi connectivity index (χ4v) is 5.57. The maximum Gasteiger partial charge on any atom is 0.411 e. The first-order chi connectivity index (χ1) is 11.5. The summed E-state index contributed by atoms with van der Waals surface area (Å²) in [5.74, 6) is 0. The van der Waals surface area contributed by atoms with Gasteiger partial charge < -0.3 is 9.64 Å². The molecule has 1 saturated carbocycles. The van der Waals surface area contributed by atoms with Crippen LogP contribution in [0.5, 0.6) is 0 Å². The summed E-state index contributed by atoms with van der Waals surface area (Å²) >= 11 is 0. The minimum Gasteiger partial charge on any atom is -0.450 e. The molecule has 4 heteroatoms. The van der Waals surface area contributed by atoms with Gasteiger partial charge in [-0.2, -0.15) is 0 Å². The number of anilines is 1. The third-order valence-electron chi connectivity index (χ3n) is 6.46. The molecule has 0 aromatic heterocycles. The number of rotatable bonds is 1. The summed E-state index contributed by atoms with van der Waals surface area (Å²) in [5.41, 5.74) is 4.61. The second-order valence-corrected chi connectivity index (χ2v) is 7.36. The Balaban J connectivity index is 1.95. The maximum atomic E-state index is 12.8. The molecule has 128 valence electrons. The smallest absolute Gasteiger partial charge is 0.411 e. The third-order valence-corrected chi connectivity index (χ3v) is 6.46. The number of hydrogen-bond acceptors (Lipinski definition) is 3. The number of aryl methyl sites for hydroxylation is 1. The molecular formula is C20H26N2O2. The molecule has 24 heavy (non-hydrogen) atoms. The fraction of sp³-hybridized carbons (Fsp3) is 0.550.